The van der Waals surface area contributed by atoms with Crippen LogP contribution in [-0.4, -0.2) is 269 Å². The number of ether oxygens (including phenoxy) is 8. The SMILES string of the molecule is CCCCCCCCCCCCC/C=C/[C@@H](O)[C@H](CO[C@@H]1O[C@H](CO)[C@@H](O[C@@H]2O[C@H](CO)[C@H](O[C@@H]3O[C@H](CO)[C@H](O)[C@H](O)[C@H]3NC(C)=O)[C@H](O[C@]3(C(=O)O)C[C@H](O)[C@@H](NC(C)=O)[C@H]([C@H](O)[C@H](O)CO)O3)[C@H]2O)[C@H](O)[C@H]1O)NC(=O)CCCCCCCCCCCCCCCCCCCCCCC. The minimum atomic E-state index is -3.28. The van der Waals surface area contributed by atoms with Gasteiger partial charge in [0.15, 0.2) is 18.9 Å². The lowest BCUT2D eigenvalue weighted by molar-refractivity contribution is -0.401. The molecule has 4 aliphatic rings. The summed E-state index contributed by atoms with van der Waals surface area (Å²) in [7, 11) is 0. The average Bonchev–Trinajstić information content (AvgIpc) is 0.748. The monoisotopic (exact) mass is 1470 g/mol. The van der Waals surface area contributed by atoms with Crippen LogP contribution in [0.2, 0.25) is 0 Å². The number of nitrogens with one attached hydrogen (secondary N) is 3. The molecule has 0 radical (unpaired) electrons. The lowest BCUT2D eigenvalue weighted by Gasteiger charge is -2.52. The van der Waals surface area contributed by atoms with Crippen LogP contribution in [0.1, 0.15) is 252 Å². The van der Waals surface area contributed by atoms with E-state index in [0.29, 0.717) is 12.8 Å². The number of carboxylic acid groups (broad SMARTS) is 1. The Morgan fingerprint density at radius 1 is 0.510 bits per heavy atom. The Balaban J connectivity index is 1.48. The molecule has 0 spiro atoms. The van der Waals surface area contributed by atoms with Gasteiger partial charge in [0.05, 0.1) is 57.3 Å². The zero-order chi connectivity index (χ0) is 75.0. The molecule has 0 aliphatic carbocycles. The maximum Gasteiger partial charge on any atom is 0.364 e. The lowest BCUT2D eigenvalue weighted by atomic mass is 9.88. The molecule has 4 saturated heterocycles. The van der Waals surface area contributed by atoms with Gasteiger partial charge in [0, 0.05) is 26.7 Å². The second-order valence-electron chi connectivity index (χ2n) is 28.6. The molecule has 29 nitrogen and oxygen atoms in total. The van der Waals surface area contributed by atoms with Crippen LogP contribution in [0, 0.1) is 0 Å². The van der Waals surface area contributed by atoms with Gasteiger partial charge in [-0.2, -0.15) is 0 Å². The van der Waals surface area contributed by atoms with Crippen molar-refractivity contribution in [3.8, 4) is 0 Å². The minimum absolute atomic E-state index is 0.162. The van der Waals surface area contributed by atoms with E-state index >= 15 is 0 Å². The summed E-state index contributed by atoms with van der Waals surface area (Å²) in [4.78, 5) is 52.0. The fourth-order valence-electron chi connectivity index (χ4n) is 13.9. The molecule has 23 atom stereocenters. The molecule has 17 N–H and O–H groups in total. The number of aliphatic hydroxyl groups excluding tert-OH is 13. The smallest absolute Gasteiger partial charge is 0.364 e. The Morgan fingerprint density at radius 2 is 0.951 bits per heavy atom. The summed E-state index contributed by atoms with van der Waals surface area (Å²) in [5.74, 6) is -7.36. The normalized spacial score (nSPS) is 31.1. The number of unbranched alkanes of at least 4 members (excludes halogenated alkanes) is 31. The first-order chi connectivity index (χ1) is 49.0. The maximum absolute atomic E-state index is 13.6. The van der Waals surface area contributed by atoms with Crippen molar-refractivity contribution in [3.05, 3.63) is 12.2 Å². The number of carbonyl (C=O) groups is 4. The minimum Gasteiger partial charge on any atom is -0.477 e. The van der Waals surface area contributed by atoms with Crippen LogP contribution in [0.3, 0.4) is 0 Å². The predicted octanol–water partition coefficient (Wildman–Crippen LogP) is 3.47. The molecule has 0 unspecified atom stereocenters. The number of rotatable bonds is 55. The molecule has 4 aliphatic heterocycles. The first-order valence-corrected chi connectivity index (χ1v) is 38.6. The average molecular weight is 1470 g/mol. The van der Waals surface area contributed by atoms with E-state index in [0.717, 1.165) is 65.2 Å². The molecule has 596 valence electrons. The Kier molecular flexibility index (Phi) is 45.7. The molecule has 102 heavy (non-hydrogen) atoms. The van der Waals surface area contributed by atoms with Crippen molar-refractivity contribution in [3.63, 3.8) is 0 Å². The number of carbonyl (C=O) groups excluding carboxylic acids is 3. The predicted molar refractivity (Wildman–Crippen MR) is 373 cm³/mol. The number of aliphatic carboxylic acids is 1. The summed E-state index contributed by atoms with van der Waals surface area (Å²) in [6, 6.07) is -4.52. The zero-order valence-corrected chi connectivity index (χ0v) is 61.3. The van der Waals surface area contributed by atoms with Gasteiger partial charge in [-0.1, -0.05) is 219 Å². The molecule has 4 rings (SSSR count). The highest BCUT2D eigenvalue weighted by molar-refractivity contribution is 5.77. The van der Waals surface area contributed by atoms with E-state index in [9.17, 15) is 90.7 Å². The van der Waals surface area contributed by atoms with Crippen molar-refractivity contribution in [1.29, 1.82) is 0 Å². The van der Waals surface area contributed by atoms with E-state index in [1.54, 1.807) is 6.08 Å². The van der Waals surface area contributed by atoms with E-state index in [4.69, 9.17) is 37.9 Å². The first kappa shape index (κ1) is 91.2. The van der Waals surface area contributed by atoms with Gasteiger partial charge in [0.25, 0.3) is 5.79 Å². The highest BCUT2D eigenvalue weighted by atomic mass is 16.8. The molecule has 4 fully saturated rings. The Hall–Kier alpha value is -3.22. The van der Waals surface area contributed by atoms with E-state index in [1.165, 1.54) is 148 Å². The molecule has 0 aromatic heterocycles. The number of hydrogen-bond acceptors (Lipinski definition) is 25. The van der Waals surface area contributed by atoms with E-state index < -0.39 is 198 Å². The van der Waals surface area contributed by atoms with Crippen LogP contribution < -0.4 is 16.0 Å². The van der Waals surface area contributed by atoms with Crippen LogP contribution in [0.25, 0.3) is 0 Å². The molecular weight excluding hydrogens is 1330 g/mol. The van der Waals surface area contributed by atoms with E-state index in [-0.39, 0.29) is 12.3 Å². The summed E-state index contributed by atoms with van der Waals surface area (Å²) in [6.07, 6.45) is 3.75. The van der Waals surface area contributed by atoms with Gasteiger partial charge in [-0.25, -0.2) is 4.79 Å². The molecule has 0 saturated carbocycles. The van der Waals surface area contributed by atoms with Gasteiger partial charge in [0.1, 0.15) is 91.5 Å². The van der Waals surface area contributed by atoms with Crippen LogP contribution >= 0.6 is 0 Å². The van der Waals surface area contributed by atoms with Crippen molar-refractivity contribution in [2.24, 2.45) is 0 Å². The summed E-state index contributed by atoms with van der Waals surface area (Å²) in [5.41, 5.74) is 0. The first-order valence-electron chi connectivity index (χ1n) is 38.6. The Labute approximate surface area is 604 Å². The molecular formula is C73H133N3O26. The number of aliphatic hydroxyl groups is 13. The quantitative estimate of drug-likeness (QED) is 0.0306. The maximum atomic E-state index is 13.6. The number of hydrogen-bond donors (Lipinski definition) is 17. The Morgan fingerprint density at radius 3 is 1.42 bits per heavy atom. The van der Waals surface area contributed by atoms with Crippen LogP contribution in [-0.2, 0) is 57.1 Å². The van der Waals surface area contributed by atoms with Gasteiger partial charge in [-0.15, -0.1) is 0 Å². The number of carboxylic acids is 1. The summed E-state index contributed by atoms with van der Waals surface area (Å²) >= 11 is 0. The highest BCUT2D eigenvalue weighted by Gasteiger charge is 2.62. The fourth-order valence-corrected chi connectivity index (χ4v) is 13.9. The third-order valence-corrected chi connectivity index (χ3v) is 20.0. The van der Waals surface area contributed by atoms with Gasteiger partial charge in [0.2, 0.25) is 17.7 Å². The number of allylic oxidation sites excluding steroid dienone is 1. The lowest BCUT2D eigenvalue weighted by Crippen LogP contribution is -2.72. The molecule has 0 aromatic carbocycles. The van der Waals surface area contributed by atoms with Gasteiger partial charge >= 0.3 is 5.97 Å². The van der Waals surface area contributed by atoms with E-state index in [1.807, 2.05) is 6.08 Å². The summed E-state index contributed by atoms with van der Waals surface area (Å²) < 4.78 is 48.0. The Bertz CT molecular complexity index is 2280. The van der Waals surface area contributed by atoms with Crippen molar-refractivity contribution >= 4 is 23.7 Å². The zero-order valence-electron chi connectivity index (χ0n) is 61.3. The van der Waals surface area contributed by atoms with Crippen LogP contribution in [0.4, 0.5) is 0 Å². The third-order valence-electron chi connectivity index (χ3n) is 20.0. The second-order valence-corrected chi connectivity index (χ2v) is 28.6. The summed E-state index contributed by atoms with van der Waals surface area (Å²) in [6.45, 7) is 1.76. The van der Waals surface area contributed by atoms with Gasteiger partial charge in [-0.05, 0) is 19.3 Å². The molecule has 0 aromatic rings. The topological polar surface area (TPSA) is 461 Å². The fraction of sp³-hybridized carbons (Fsp3) is 0.918. The van der Waals surface area contributed by atoms with Crippen LogP contribution in [0.15, 0.2) is 12.2 Å². The molecule has 0 bridgehead atoms. The molecule has 29 heteroatoms. The van der Waals surface area contributed by atoms with Gasteiger partial charge in [-0.3, -0.25) is 14.4 Å². The standard InChI is InChI=1S/C73H133N3O26/c1-5-7-9-11-13-15-17-19-20-21-22-23-24-25-26-28-30-32-34-36-38-40-56(86)76-49(50(83)39-37-35-33-31-29-27-18-16-14-12-10-8-6-2)46-95-70-63(91)62(90)65(54(44-79)97-70)99-71-64(92)68(66(55(45-80)98-71)100-69-58(75-48(4)82)61(89)60(88)53(43-78)96-69)102-73(72(93)94)41-51(84)57(74-47(3)81)67(101-73)59(87)52(85)42-77/h37,39,49-55,57-71,77-80,83-85,87-92H,5-36,38,40-46H2,1-4H3,(H,74,81)(H,75,82)(H,76,86)(H,93,94)/b39-37+/t49-,50+,51-,52+,53+,54+,55+,57+,58+,59+,60-,61+,62+,63+,64+,65+,66-,67+,68+,69-,70+,71-,73-/m0/s1. The largest absolute Gasteiger partial charge is 0.477 e. The second kappa shape index (κ2) is 51.2. The van der Waals surface area contributed by atoms with Crippen molar-refractivity contribution in [2.45, 2.75) is 393 Å². The van der Waals surface area contributed by atoms with Crippen molar-refractivity contribution in [2.75, 3.05) is 33.0 Å². The number of amides is 3. The van der Waals surface area contributed by atoms with Crippen LogP contribution in [0.5, 0.6) is 0 Å². The molecule has 3 amide bonds. The van der Waals surface area contributed by atoms with E-state index in [2.05, 4.69) is 29.8 Å². The molecule has 4 heterocycles. The van der Waals surface area contributed by atoms with Crippen molar-refractivity contribution < 1.29 is 129 Å². The highest BCUT2D eigenvalue weighted by Crippen LogP contribution is 2.40. The summed E-state index contributed by atoms with van der Waals surface area (Å²) in [5, 5.41) is 163. The third kappa shape index (κ3) is 31.2. The van der Waals surface area contributed by atoms with Crippen molar-refractivity contribution in [1.82, 2.24) is 16.0 Å². The van der Waals surface area contributed by atoms with Gasteiger partial charge < -0.3 is 125 Å².